The van der Waals surface area contributed by atoms with Crippen LogP contribution in [0.25, 0.3) is 0 Å². The number of ketones is 1. The van der Waals surface area contributed by atoms with E-state index in [0.717, 1.165) is 11.0 Å². The van der Waals surface area contributed by atoms with E-state index in [1.54, 1.807) is 0 Å². The predicted octanol–water partition coefficient (Wildman–Crippen LogP) is 2.84. The molecule has 132 valence electrons. The molecule has 0 bridgehead atoms. The highest BCUT2D eigenvalue weighted by molar-refractivity contribution is 7.97. The largest absolute Gasteiger partial charge is 0.741 e. The molecule has 1 saturated carbocycles. The van der Waals surface area contributed by atoms with Crippen LogP contribution in [-0.4, -0.2) is 41.5 Å². The lowest BCUT2D eigenvalue weighted by Gasteiger charge is -2.20. The number of Topliss-reactive ketones (excluding diaryl/α,β-unsaturated/α-hetero) is 1. The molecular weight excluding hydrogens is 341 g/mol. The van der Waals surface area contributed by atoms with Crippen LogP contribution >= 0.6 is 0 Å². The molecule has 0 aromatic carbocycles. The molecule has 0 radical (unpaired) electrons. The summed E-state index contributed by atoms with van der Waals surface area (Å²) in [7, 11) is -5.75. The van der Waals surface area contributed by atoms with E-state index in [2.05, 4.69) is 6.26 Å². The van der Waals surface area contributed by atoms with Crippen molar-refractivity contribution in [1.82, 2.24) is 0 Å². The summed E-state index contributed by atoms with van der Waals surface area (Å²) in [5.74, 6) is 1.53. The highest BCUT2D eigenvalue weighted by Crippen LogP contribution is 2.24. The Bertz CT molecular complexity index is 441. The lowest BCUT2D eigenvalue weighted by Crippen LogP contribution is -2.30. The molecule has 0 amide bonds. The minimum Gasteiger partial charge on any atom is -0.741 e. The minimum absolute atomic E-state index is 0.230. The van der Waals surface area contributed by atoms with Gasteiger partial charge in [0.1, 0.15) is 5.25 Å². The third kappa shape index (κ3) is 8.38. The molecule has 0 N–H and O–H groups in total. The molecule has 1 fully saturated rings. The fourth-order valence-corrected chi connectivity index (χ4v) is 4.13. The molecule has 0 aromatic heterocycles. The number of hydrogen-bond acceptors (Lipinski definition) is 4. The maximum Gasteiger partial charge on any atom is 0.485 e. The SMILES string of the molecule is CC(C)C(=O)C[S+](C)C1CCCCC1.O=S(=O)([O-])C(F)(F)F. The zero-order chi connectivity index (χ0) is 17.6. The lowest BCUT2D eigenvalue weighted by atomic mass is 10.0. The molecule has 1 unspecified atom stereocenters. The highest BCUT2D eigenvalue weighted by Gasteiger charge is 2.37. The van der Waals surface area contributed by atoms with Gasteiger partial charge in [0.15, 0.2) is 21.7 Å². The predicted molar refractivity (Wildman–Crippen MR) is 80.6 cm³/mol. The third-order valence-electron chi connectivity index (χ3n) is 3.42. The molecule has 0 aliphatic heterocycles. The fourth-order valence-electron chi connectivity index (χ4n) is 1.98. The summed E-state index contributed by atoms with van der Waals surface area (Å²) < 4.78 is 58.9. The second-order valence-electron chi connectivity index (χ2n) is 5.62. The Morgan fingerprint density at radius 1 is 1.23 bits per heavy atom. The van der Waals surface area contributed by atoms with Gasteiger partial charge in [0.25, 0.3) is 0 Å². The first-order chi connectivity index (χ1) is 9.86. The van der Waals surface area contributed by atoms with Crippen LogP contribution in [0.5, 0.6) is 0 Å². The van der Waals surface area contributed by atoms with E-state index in [1.807, 2.05) is 13.8 Å². The van der Waals surface area contributed by atoms with Gasteiger partial charge in [-0.15, -0.1) is 0 Å². The van der Waals surface area contributed by atoms with E-state index in [4.69, 9.17) is 13.0 Å². The molecule has 1 atom stereocenters. The zero-order valence-electron chi connectivity index (χ0n) is 13.0. The van der Waals surface area contributed by atoms with Gasteiger partial charge in [-0.2, -0.15) is 13.2 Å². The molecule has 0 spiro atoms. The molecule has 1 aliphatic rings. The van der Waals surface area contributed by atoms with Crippen molar-refractivity contribution in [2.75, 3.05) is 12.0 Å². The van der Waals surface area contributed by atoms with Gasteiger partial charge in [-0.1, -0.05) is 20.3 Å². The van der Waals surface area contributed by atoms with E-state index in [0.29, 0.717) is 16.7 Å². The number of halogens is 3. The molecule has 9 heteroatoms. The summed E-state index contributed by atoms with van der Waals surface area (Å²) in [6.07, 6.45) is 9.20. The Labute approximate surface area is 132 Å². The van der Waals surface area contributed by atoms with Gasteiger partial charge in [0.2, 0.25) is 0 Å². The number of hydrogen-bond donors (Lipinski definition) is 0. The van der Waals surface area contributed by atoms with Crippen molar-refractivity contribution < 1.29 is 30.9 Å². The summed E-state index contributed by atoms with van der Waals surface area (Å²) in [4.78, 5) is 11.6. The smallest absolute Gasteiger partial charge is 0.485 e. The number of carbonyl (C=O) groups excluding carboxylic acids is 1. The average Bonchev–Trinajstić information content (AvgIpc) is 2.37. The van der Waals surface area contributed by atoms with Crippen molar-refractivity contribution in [3.63, 3.8) is 0 Å². The van der Waals surface area contributed by atoms with Crippen LogP contribution in [0.1, 0.15) is 46.0 Å². The Morgan fingerprint density at radius 3 is 1.95 bits per heavy atom. The second-order valence-corrected chi connectivity index (χ2v) is 9.32. The minimum atomic E-state index is -6.09. The van der Waals surface area contributed by atoms with Crippen molar-refractivity contribution in [2.45, 2.75) is 56.7 Å². The standard InChI is InChI=1S/C12H23OS.CHF3O3S/c1-10(2)12(13)9-14(3)11-7-5-4-6-8-11;2-1(3,4)8(5,6)7/h10-11H,4-9H2,1-3H3;(H,5,6,7)/q+1;/p-1. The van der Waals surface area contributed by atoms with Crippen LogP contribution in [0.2, 0.25) is 0 Å². The Morgan fingerprint density at radius 2 is 1.64 bits per heavy atom. The first kappa shape index (κ1) is 21.7. The van der Waals surface area contributed by atoms with Crippen molar-refractivity contribution in [3.05, 3.63) is 0 Å². The Hall–Kier alpha value is -0.280. The van der Waals surface area contributed by atoms with Gasteiger partial charge >= 0.3 is 5.51 Å². The molecule has 1 rings (SSSR count). The normalized spacial score (nSPS) is 18.5. The van der Waals surface area contributed by atoms with Crippen molar-refractivity contribution in [1.29, 1.82) is 0 Å². The second kappa shape index (κ2) is 9.12. The van der Waals surface area contributed by atoms with Crippen molar-refractivity contribution >= 4 is 26.8 Å². The number of rotatable bonds is 4. The van der Waals surface area contributed by atoms with Gasteiger partial charge in [-0.25, -0.2) is 8.42 Å². The van der Waals surface area contributed by atoms with Gasteiger partial charge in [-0.3, -0.25) is 4.79 Å². The van der Waals surface area contributed by atoms with Crippen molar-refractivity contribution in [2.24, 2.45) is 5.92 Å². The zero-order valence-corrected chi connectivity index (χ0v) is 14.6. The van der Waals surface area contributed by atoms with Crippen LogP contribution < -0.4 is 0 Å². The summed E-state index contributed by atoms with van der Waals surface area (Å²) in [5, 5.41) is 0.853. The highest BCUT2D eigenvalue weighted by atomic mass is 32.2. The molecule has 1 aliphatic carbocycles. The van der Waals surface area contributed by atoms with E-state index in [1.165, 1.54) is 32.1 Å². The number of carbonyl (C=O) groups is 1. The van der Waals surface area contributed by atoms with Gasteiger partial charge in [-0.05, 0) is 36.6 Å². The molecule has 22 heavy (non-hydrogen) atoms. The van der Waals surface area contributed by atoms with E-state index in [9.17, 15) is 18.0 Å². The summed E-state index contributed by atoms with van der Waals surface area (Å²) in [6, 6.07) is 0. The fraction of sp³-hybridized carbons (Fsp3) is 0.923. The maximum absolute atomic E-state index is 11.6. The molecule has 0 aromatic rings. The topological polar surface area (TPSA) is 74.3 Å². The van der Waals surface area contributed by atoms with Crippen LogP contribution in [-0.2, 0) is 25.8 Å². The molecule has 0 saturated heterocycles. The number of alkyl halides is 3. The molecular formula is C13H23F3O4S2. The average molecular weight is 364 g/mol. The summed E-state index contributed by atoms with van der Waals surface area (Å²) >= 11 is 0. The van der Waals surface area contributed by atoms with Gasteiger partial charge in [0, 0.05) is 5.92 Å². The quantitative estimate of drug-likeness (QED) is 0.437. The first-order valence-electron chi connectivity index (χ1n) is 7.02. The van der Waals surface area contributed by atoms with Crippen molar-refractivity contribution in [3.8, 4) is 0 Å². The molecule has 0 heterocycles. The first-order valence-corrected chi connectivity index (χ1v) is 10.3. The van der Waals surface area contributed by atoms with Gasteiger partial charge < -0.3 is 4.55 Å². The maximum atomic E-state index is 11.6. The van der Waals surface area contributed by atoms with Crippen LogP contribution in [0.3, 0.4) is 0 Å². The summed E-state index contributed by atoms with van der Waals surface area (Å²) in [6.45, 7) is 4.03. The monoisotopic (exact) mass is 364 g/mol. The van der Waals surface area contributed by atoms with E-state index >= 15 is 0 Å². The molecule has 4 nitrogen and oxygen atoms in total. The lowest BCUT2D eigenvalue weighted by molar-refractivity contribution is -0.119. The van der Waals surface area contributed by atoms with Crippen LogP contribution in [0.4, 0.5) is 13.2 Å². The third-order valence-corrected chi connectivity index (χ3v) is 6.33. The van der Waals surface area contributed by atoms with E-state index < -0.39 is 15.6 Å². The Kier molecular flexibility index (Phi) is 9.01. The van der Waals surface area contributed by atoms with Crippen LogP contribution in [0, 0.1) is 5.92 Å². The van der Waals surface area contributed by atoms with Gasteiger partial charge in [0.05, 0.1) is 6.26 Å². The Balaban J connectivity index is 0.000000472. The van der Waals surface area contributed by atoms with Crippen LogP contribution in [0.15, 0.2) is 0 Å². The summed E-state index contributed by atoms with van der Waals surface area (Å²) in [5.41, 5.74) is -5.65. The van der Waals surface area contributed by atoms with E-state index in [-0.39, 0.29) is 5.92 Å².